The van der Waals surface area contributed by atoms with Crippen LogP contribution < -0.4 is 5.32 Å². The van der Waals surface area contributed by atoms with Crippen molar-refractivity contribution in [2.45, 2.75) is 12.3 Å². The standard InChI is InChI=1S/C10H9NO3/c12-9-5-7(10(13)14)6-3-1-2-4-8(6)11-9/h1-4,7H,5H2,(H,11,12)(H,13,14)/t7-/m1/s1. The van der Waals surface area contributed by atoms with Gasteiger partial charge in [0.2, 0.25) is 5.91 Å². The number of carbonyl (C=O) groups excluding carboxylic acids is 1. The monoisotopic (exact) mass is 191 g/mol. The van der Waals surface area contributed by atoms with Crippen molar-refractivity contribution in [1.29, 1.82) is 0 Å². The molecule has 0 aromatic heterocycles. The molecule has 4 heteroatoms. The summed E-state index contributed by atoms with van der Waals surface area (Å²) in [6.45, 7) is 0. The maximum absolute atomic E-state index is 11.2. The largest absolute Gasteiger partial charge is 0.481 e. The van der Waals surface area contributed by atoms with E-state index in [0.29, 0.717) is 11.3 Å². The molecular weight excluding hydrogens is 182 g/mol. The number of hydrogen-bond acceptors (Lipinski definition) is 2. The van der Waals surface area contributed by atoms with Gasteiger partial charge in [0.05, 0.1) is 5.92 Å². The van der Waals surface area contributed by atoms with E-state index >= 15 is 0 Å². The van der Waals surface area contributed by atoms with Gasteiger partial charge in [0.1, 0.15) is 0 Å². The molecule has 1 aliphatic heterocycles. The zero-order valence-corrected chi connectivity index (χ0v) is 7.36. The summed E-state index contributed by atoms with van der Waals surface area (Å²) in [5.41, 5.74) is 1.29. The smallest absolute Gasteiger partial charge is 0.311 e. The van der Waals surface area contributed by atoms with E-state index in [1.807, 2.05) is 0 Å². The number of rotatable bonds is 1. The number of carbonyl (C=O) groups is 2. The fourth-order valence-electron chi connectivity index (χ4n) is 1.63. The number of nitrogens with one attached hydrogen (secondary N) is 1. The summed E-state index contributed by atoms with van der Waals surface area (Å²) in [7, 11) is 0. The Hall–Kier alpha value is -1.84. The van der Waals surface area contributed by atoms with Crippen LogP contribution in [0.15, 0.2) is 24.3 Å². The fourth-order valence-corrected chi connectivity index (χ4v) is 1.63. The van der Waals surface area contributed by atoms with Gasteiger partial charge >= 0.3 is 5.97 Å². The van der Waals surface area contributed by atoms with Gasteiger partial charge in [-0.2, -0.15) is 0 Å². The SMILES string of the molecule is O=C1C[C@@H](C(=O)O)c2ccccc2N1. The first kappa shape index (κ1) is 8.74. The molecule has 1 aromatic carbocycles. The average molecular weight is 191 g/mol. The first-order valence-corrected chi connectivity index (χ1v) is 4.30. The van der Waals surface area contributed by atoms with Crippen molar-refractivity contribution in [3.8, 4) is 0 Å². The van der Waals surface area contributed by atoms with E-state index in [9.17, 15) is 9.59 Å². The summed E-state index contributed by atoms with van der Waals surface area (Å²) in [5, 5.41) is 11.6. The summed E-state index contributed by atoms with van der Waals surface area (Å²) < 4.78 is 0. The lowest BCUT2D eigenvalue weighted by atomic mass is 9.91. The molecule has 0 saturated carbocycles. The number of aliphatic carboxylic acids is 1. The van der Waals surface area contributed by atoms with Crippen LogP contribution in [0.1, 0.15) is 17.9 Å². The Labute approximate surface area is 80.6 Å². The van der Waals surface area contributed by atoms with Crippen molar-refractivity contribution in [3.63, 3.8) is 0 Å². The Morgan fingerprint density at radius 1 is 1.43 bits per heavy atom. The number of anilines is 1. The third-order valence-electron chi connectivity index (χ3n) is 2.30. The van der Waals surface area contributed by atoms with Crippen LogP contribution in [-0.2, 0) is 9.59 Å². The molecule has 72 valence electrons. The van der Waals surface area contributed by atoms with E-state index in [0.717, 1.165) is 0 Å². The lowest BCUT2D eigenvalue weighted by molar-refractivity contribution is -0.140. The van der Waals surface area contributed by atoms with Crippen LogP contribution in [0.2, 0.25) is 0 Å². The van der Waals surface area contributed by atoms with Gasteiger partial charge < -0.3 is 10.4 Å². The highest BCUT2D eigenvalue weighted by Crippen LogP contribution is 2.31. The van der Waals surface area contributed by atoms with E-state index in [1.165, 1.54) is 0 Å². The lowest BCUT2D eigenvalue weighted by Gasteiger charge is -2.22. The summed E-state index contributed by atoms with van der Waals surface area (Å²) in [4.78, 5) is 22.0. The number of carboxylic acid groups (broad SMARTS) is 1. The third kappa shape index (κ3) is 1.35. The molecule has 1 aromatic rings. The maximum atomic E-state index is 11.2. The molecule has 0 bridgehead atoms. The number of para-hydroxylation sites is 1. The van der Waals surface area contributed by atoms with Gasteiger partial charge in [-0.15, -0.1) is 0 Å². The fraction of sp³-hybridized carbons (Fsp3) is 0.200. The molecule has 0 radical (unpaired) electrons. The Balaban J connectivity index is 2.48. The molecule has 1 atom stereocenters. The Morgan fingerprint density at radius 3 is 2.86 bits per heavy atom. The topological polar surface area (TPSA) is 66.4 Å². The molecule has 0 saturated heterocycles. The van der Waals surface area contributed by atoms with Crippen molar-refractivity contribution in [1.82, 2.24) is 0 Å². The van der Waals surface area contributed by atoms with Gasteiger partial charge in [-0.05, 0) is 11.6 Å². The van der Waals surface area contributed by atoms with Crippen LogP contribution >= 0.6 is 0 Å². The second-order valence-electron chi connectivity index (χ2n) is 3.23. The van der Waals surface area contributed by atoms with Crippen molar-refractivity contribution in [2.24, 2.45) is 0 Å². The molecule has 1 aliphatic rings. The number of benzene rings is 1. The van der Waals surface area contributed by atoms with E-state index < -0.39 is 11.9 Å². The maximum Gasteiger partial charge on any atom is 0.311 e. The minimum absolute atomic E-state index is 0.0202. The van der Waals surface area contributed by atoms with Crippen LogP contribution in [0.4, 0.5) is 5.69 Å². The number of fused-ring (bicyclic) bond motifs is 1. The summed E-state index contributed by atoms with van der Waals surface area (Å²) in [5.74, 6) is -1.90. The highest BCUT2D eigenvalue weighted by Gasteiger charge is 2.29. The molecular formula is C10H9NO3. The van der Waals surface area contributed by atoms with Gasteiger partial charge in [0.15, 0.2) is 0 Å². The van der Waals surface area contributed by atoms with E-state index in [1.54, 1.807) is 24.3 Å². The molecule has 0 unspecified atom stereocenters. The minimum Gasteiger partial charge on any atom is -0.481 e. The molecule has 0 aliphatic carbocycles. The Kier molecular flexibility index (Phi) is 1.96. The van der Waals surface area contributed by atoms with Gasteiger partial charge in [-0.3, -0.25) is 9.59 Å². The van der Waals surface area contributed by atoms with E-state index in [4.69, 9.17) is 5.11 Å². The average Bonchev–Trinajstić information content (AvgIpc) is 2.16. The van der Waals surface area contributed by atoms with E-state index in [2.05, 4.69) is 5.32 Å². The Morgan fingerprint density at radius 2 is 2.14 bits per heavy atom. The van der Waals surface area contributed by atoms with Crippen LogP contribution in [0.25, 0.3) is 0 Å². The van der Waals surface area contributed by atoms with Crippen LogP contribution in [-0.4, -0.2) is 17.0 Å². The Bertz CT molecular complexity index is 400. The van der Waals surface area contributed by atoms with Gasteiger partial charge in [-0.25, -0.2) is 0 Å². The zero-order valence-electron chi connectivity index (χ0n) is 7.36. The second-order valence-corrected chi connectivity index (χ2v) is 3.23. The first-order chi connectivity index (χ1) is 6.68. The number of hydrogen-bond donors (Lipinski definition) is 2. The molecule has 1 heterocycles. The molecule has 1 amide bonds. The number of amides is 1. The number of carboxylic acids is 1. The molecule has 0 spiro atoms. The van der Waals surface area contributed by atoms with Crippen molar-refractivity contribution >= 4 is 17.6 Å². The lowest BCUT2D eigenvalue weighted by Crippen LogP contribution is -2.27. The van der Waals surface area contributed by atoms with E-state index in [-0.39, 0.29) is 12.3 Å². The highest BCUT2D eigenvalue weighted by atomic mass is 16.4. The predicted octanol–water partition coefficient (Wildman–Crippen LogP) is 1.20. The normalized spacial score (nSPS) is 19.7. The van der Waals surface area contributed by atoms with Crippen LogP contribution in [0.5, 0.6) is 0 Å². The predicted molar refractivity (Wildman–Crippen MR) is 50.1 cm³/mol. The zero-order chi connectivity index (χ0) is 10.1. The quantitative estimate of drug-likeness (QED) is 0.700. The summed E-state index contributed by atoms with van der Waals surface area (Å²) in [6, 6.07) is 6.98. The first-order valence-electron chi connectivity index (χ1n) is 4.30. The summed E-state index contributed by atoms with van der Waals surface area (Å²) in [6.07, 6.45) is 0.0202. The van der Waals surface area contributed by atoms with Crippen molar-refractivity contribution in [2.75, 3.05) is 5.32 Å². The summed E-state index contributed by atoms with van der Waals surface area (Å²) >= 11 is 0. The van der Waals surface area contributed by atoms with Gasteiger partial charge in [-0.1, -0.05) is 18.2 Å². The molecule has 0 fully saturated rings. The van der Waals surface area contributed by atoms with Crippen LogP contribution in [0.3, 0.4) is 0 Å². The third-order valence-corrected chi connectivity index (χ3v) is 2.30. The minimum atomic E-state index is -0.952. The van der Waals surface area contributed by atoms with Gasteiger partial charge in [0.25, 0.3) is 0 Å². The van der Waals surface area contributed by atoms with Crippen molar-refractivity contribution < 1.29 is 14.7 Å². The molecule has 14 heavy (non-hydrogen) atoms. The highest BCUT2D eigenvalue weighted by molar-refractivity contribution is 5.99. The molecule has 2 rings (SSSR count). The van der Waals surface area contributed by atoms with Gasteiger partial charge in [0, 0.05) is 12.1 Å². The molecule has 4 nitrogen and oxygen atoms in total. The van der Waals surface area contributed by atoms with Crippen molar-refractivity contribution in [3.05, 3.63) is 29.8 Å². The molecule has 2 N–H and O–H groups in total. The second kappa shape index (κ2) is 3.14. The van der Waals surface area contributed by atoms with Crippen LogP contribution in [0, 0.1) is 0 Å².